The molecule has 1 aromatic carbocycles. The number of nitro benzene ring substituents is 1. The number of fused-ring (bicyclic) bond motifs is 1. The average molecular weight is 261 g/mol. The van der Waals surface area contributed by atoms with E-state index in [0.717, 1.165) is 12.0 Å². The van der Waals surface area contributed by atoms with Crippen LogP contribution in [0.5, 0.6) is 0 Å². The lowest BCUT2D eigenvalue weighted by molar-refractivity contribution is -0.384. The van der Waals surface area contributed by atoms with Gasteiger partial charge in [-0.1, -0.05) is 19.1 Å². The third kappa shape index (κ3) is 2.16. The Hall–Kier alpha value is -2.37. The van der Waals surface area contributed by atoms with Gasteiger partial charge in [0, 0.05) is 25.7 Å². The standard InChI is InChI=1S/C13H15N3O3/c1-4-9(2)8-15-12-7-10(16(18)19)5-6-11(12)14(3)13(15)17/h5-7H,2,4,8H2,1,3H3. The molecule has 0 unspecified atom stereocenters. The van der Waals surface area contributed by atoms with Gasteiger partial charge in [0.15, 0.2) is 0 Å². The number of hydrogen-bond acceptors (Lipinski definition) is 3. The van der Waals surface area contributed by atoms with Crippen molar-refractivity contribution in [3.05, 3.63) is 50.9 Å². The number of nitro groups is 1. The van der Waals surface area contributed by atoms with Crippen molar-refractivity contribution in [1.29, 1.82) is 0 Å². The van der Waals surface area contributed by atoms with E-state index in [1.807, 2.05) is 6.92 Å². The Balaban J connectivity index is 2.70. The van der Waals surface area contributed by atoms with Gasteiger partial charge in [0.25, 0.3) is 5.69 Å². The van der Waals surface area contributed by atoms with Crippen LogP contribution in [0, 0.1) is 10.1 Å². The number of allylic oxidation sites excluding steroid dienone is 1. The summed E-state index contributed by atoms with van der Waals surface area (Å²) in [6.45, 7) is 6.22. The fourth-order valence-corrected chi connectivity index (χ4v) is 2.00. The Morgan fingerprint density at radius 1 is 1.42 bits per heavy atom. The Morgan fingerprint density at radius 3 is 2.68 bits per heavy atom. The zero-order chi connectivity index (χ0) is 14.2. The minimum absolute atomic E-state index is 0.0195. The second-order valence-electron chi connectivity index (χ2n) is 4.46. The van der Waals surface area contributed by atoms with Gasteiger partial charge in [0.2, 0.25) is 0 Å². The van der Waals surface area contributed by atoms with Crippen LogP contribution >= 0.6 is 0 Å². The molecule has 0 N–H and O–H groups in total. The van der Waals surface area contributed by atoms with Crippen LogP contribution in [0.1, 0.15) is 13.3 Å². The van der Waals surface area contributed by atoms with Crippen molar-refractivity contribution in [1.82, 2.24) is 9.13 Å². The van der Waals surface area contributed by atoms with E-state index in [9.17, 15) is 14.9 Å². The smallest absolute Gasteiger partial charge is 0.295 e. The summed E-state index contributed by atoms with van der Waals surface area (Å²) in [6.07, 6.45) is 0.762. The Morgan fingerprint density at radius 2 is 2.11 bits per heavy atom. The van der Waals surface area contributed by atoms with Crippen LogP contribution in [0.15, 0.2) is 35.1 Å². The first-order valence-electron chi connectivity index (χ1n) is 5.96. The van der Waals surface area contributed by atoms with Gasteiger partial charge in [-0.05, 0) is 12.5 Å². The number of non-ortho nitro benzene ring substituents is 1. The summed E-state index contributed by atoms with van der Waals surface area (Å²) >= 11 is 0. The van der Waals surface area contributed by atoms with Crippen LogP contribution in [0.3, 0.4) is 0 Å². The number of nitrogens with zero attached hydrogens (tertiary/aromatic N) is 3. The van der Waals surface area contributed by atoms with Crippen LogP contribution < -0.4 is 5.69 Å². The van der Waals surface area contributed by atoms with E-state index in [1.165, 1.54) is 21.3 Å². The summed E-state index contributed by atoms with van der Waals surface area (Å²) in [5.41, 5.74) is 1.94. The summed E-state index contributed by atoms with van der Waals surface area (Å²) in [6, 6.07) is 4.43. The second-order valence-corrected chi connectivity index (χ2v) is 4.46. The maximum absolute atomic E-state index is 12.1. The molecule has 0 amide bonds. The van der Waals surface area contributed by atoms with Crippen molar-refractivity contribution in [2.45, 2.75) is 19.9 Å². The van der Waals surface area contributed by atoms with Crippen molar-refractivity contribution < 1.29 is 4.92 Å². The largest absolute Gasteiger partial charge is 0.329 e. The zero-order valence-corrected chi connectivity index (χ0v) is 10.9. The molecule has 0 saturated heterocycles. The molecule has 0 atom stereocenters. The van der Waals surface area contributed by atoms with E-state index in [2.05, 4.69) is 6.58 Å². The van der Waals surface area contributed by atoms with Crippen LogP contribution in [0.25, 0.3) is 11.0 Å². The van der Waals surface area contributed by atoms with E-state index in [4.69, 9.17) is 0 Å². The minimum atomic E-state index is -0.462. The number of benzene rings is 1. The lowest BCUT2D eigenvalue weighted by atomic mass is 10.2. The van der Waals surface area contributed by atoms with Crippen LogP contribution in [0.4, 0.5) is 5.69 Å². The molecule has 0 aliphatic carbocycles. The third-order valence-corrected chi connectivity index (χ3v) is 3.22. The van der Waals surface area contributed by atoms with E-state index in [-0.39, 0.29) is 11.4 Å². The molecule has 0 bridgehead atoms. The van der Waals surface area contributed by atoms with Crippen molar-refractivity contribution in [3.8, 4) is 0 Å². The Bertz CT molecular complexity index is 725. The summed E-state index contributed by atoms with van der Waals surface area (Å²) < 4.78 is 3.01. The van der Waals surface area contributed by atoms with Crippen molar-refractivity contribution in [3.63, 3.8) is 0 Å². The van der Waals surface area contributed by atoms with Crippen LogP contribution in [-0.2, 0) is 13.6 Å². The topological polar surface area (TPSA) is 70.1 Å². The van der Waals surface area contributed by atoms with Gasteiger partial charge >= 0.3 is 5.69 Å². The molecule has 6 nitrogen and oxygen atoms in total. The summed E-state index contributed by atoms with van der Waals surface area (Å²) in [7, 11) is 1.65. The van der Waals surface area contributed by atoms with Crippen molar-refractivity contribution in [2.24, 2.45) is 7.05 Å². The van der Waals surface area contributed by atoms with E-state index < -0.39 is 4.92 Å². The maximum Gasteiger partial charge on any atom is 0.329 e. The molecular weight excluding hydrogens is 246 g/mol. The van der Waals surface area contributed by atoms with Gasteiger partial charge in [-0.25, -0.2) is 4.79 Å². The molecule has 0 aliphatic heterocycles. The molecule has 0 spiro atoms. The molecule has 2 aromatic rings. The quantitative estimate of drug-likeness (QED) is 0.481. The number of imidazole rings is 1. The average Bonchev–Trinajstić information content (AvgIpc) is 2.63. The zero-order valence-electron chi connectivity index (χ0n) is 10.9. The highest BCUT2D eigenvalue weighted by Gasteiger charge is 2.15. The van der Waals surface area contributed by atoms with E-state index in [1.54, 1.807) is 13.1 Å². The first kappa shape index (κ1) is 13.1. The fourth-order valence-electron chi connectivity index (χ4n) is 2.00. The lowest BCUT2D eigenvalue weighted by Crippen LogP contribution is -2.22. The monoisotopic (exact) mass is 261 g/mol. The Kier molecular flexibility index (Phi) is 3.25. The molecule has 1 aromatic heterocycles. The summed E-state index contributed by atoms with van der Waals surface area (Å²) in [5, 5.41) is 10.8. The highest BCUT2D eigenvalue weighted by atomic mass is 16.6. The first-order chi connectivity index (χ1) is 8.95. The van der Waals surface area contributed by atoms with Gasteiger partial charge in [-0.2, -0.15) is 0 Å². The van der Waals surface area contributed by atoms with Crippen molar-refractivity contribution in [2.75, 3.05) is 0 Å². The second kappa shape index (κ2) is 4.72. The molecule has 100 valence electrons. The molecule has 1 heterocycles. The third-order valence-electron chi connectivity index (χ3n) is 3.22. The molecule has 2 rings (SSSR count). The first-order valence-corrected chi connectivity index (χ1v) is 5.96. The molecule has 0 aliphatic rings. The highest BCUT2D eigenvalue weighted by molar-refractivity contribution is 5.78. The predicted octanol–water partition coefficient (Wildman–Crippen LogP) is 2.21. The molecule has 0 saturated carbocycles. The van der Waals surface area contributed by atoms with Crippen molar-refractivity contribution >= 4 is 16.7 Å². The van der Waals surface area contributed by atoms with Gasteiger partial charge in [-0.3, -0.25) is 19.2 Å². The number of hydrogen-bond donors (Lipinski definition) is 0. The van der Waals surface area contributed by atoms with E-state index >= 15 is 0 Å². The van der Waals surface area contributed by atoms with E-state index in [0.29, 0.717) is 17.6 Å². The van der Waals surface area contributed by atoms with Gasteiger partial charge < -0.3 is 0 Å². The maximum atomic E-state index is 12.1. The SMILES string of the molecule is C=C(CC)Cn1c(=O)n(C)c2ccc([N+](=O)[O-])cc21. The van der Waals surface area contributed by atoms with Gasteiger partial charge in [0.05, 0.1) is 16.0 Å². The molecule has 6 heteroatoms. The molecule has 19 heavy (non-hydrogen) atoms. The summed E-state index contributed by atoms with van der Waals surface area (Å²) in [5.74, 6) is 0. The summed E-state index contributed by atoms with van der Waals surface area (Å²) in [4.78, 5) is 22.5. The molecular formula is C13H15N3O3. The molecule has 0 fully saturated rings. The molecule has 0 radical (unpaired) electrons. The van der Waals surface area contributed by atoms with Gasteiger partial charge in [0.1, 0.15) is 0 Å². The normalized spacial score (nSPS) is 10.8. The number of aromatic nitrogens is 2. The van der Waals surface area contributed by atoms with Crippen LogP contribution in [0.2, 0.25) is 0 Å². The van der Waals surface area contributed by atoms with Gasteiger partial charge in [-0.15, -0.1) is 0 Å². The Labute approximate surface area is 109 Å². The van der Waals surface area contributed by atoms with Crippen LogP contribution in [-0.4, -0.2) is 14.1 Å². The highest BCUT2D eigenvalue weighted by Crippen LogP contribution is 2.20. The lowest BCUT2D eigenvalue weighted by Gasteiger charge is -2.04. The number of aryl methyl sites for hydroxylation is 1. The number of rotatable bonds is 4. The fraction of sp³-hybridized carbons (Fsp3) is 0.308. The predicted molar refractivity (Wildman–Crippen MR) is 73.3 cm³/mol. The minimum Gasteiger partial charge on any atom is -0.295 e.